The van der Waals surface area contributed by atoms with Gasteiger partial charge < -0.3 is 10.8 Å². The summed E-state index contributed by atoms with van der Waals surface area (Å²) in [5, 5.41) is 8.48. The predicted octanol–water partition coefficient (Wildman–Crippen LogP) is -0.473. The molecule has 0 aromatic rings. The molecule has 3 unspecified atom stereocenters. The summed E-state index contributed by atoms with van der Waals surface area (Å²) in [6.45, 7) is 1.65. The van der Waals surface area contributed by atoms with Crippen LogP contribution in [0.5, 0.6) is 0 Å². The Kier molecular flexibility index (Phi) is 2.66. The number of hydrogen-bond acceptors (Lipinski definition) is 2. The average Bonchev–Trinajstić information content (AvgIpc) is 1.36. The fourth-order valence-corrected chi connectivity index (χ4v) is 0. The van der Waals surface area contributed by atoms with Crippen molar-refractivity contribution >= 4 is 9.24 Å². The van der Waals surface area contributed by atoms with Crippen molar-refractivity contribution in [2.75, 3.05) is 0 Å². The van der Waals surface area contributed by atoms with E-state index >= 15 is 0 Å². The van der Waals surface area contributed by atoms with E-state index < -0.39 is 6.10 Å². The molecule has 0 amide bonds. The third-order valence-corrected chi connectivity index (χ3v) is 1.11. The van der Waals surface area contributed by atoms with Crippen LogP contribution in [0.1, 0.15) is 6.92 Å². The normalized spacial score (nSPS) is 20.0. The van der Waals surface area contributed by atoms with Gasteiger partial charge in [0.1, 0.15) is 0 Å². The Morgan fingerprint density at radius 1 is 1.83 bits per heavy atom. The zero-order valence-electron chi connectivity index (χ0n) is 3.76. The molecule has 0 rings (SSSR count). The van der Waals surface area contributed by atoms with Gasteiger partial charge in [0, 0.05) is 5.78 Å². The minimum atomic E-state index is -0.407. The molecule has 0 fully saturated rings. The van der Waals surface area contributed by atoms with E-state index in [1.54, 1.807) is 6.92 Å². The Morgan fingerprint density at radius 3 is 2.00 bits per heavy atom. The van der Waals surface area contributed by atoms with Crippen LogP contribution in [0.3, 0.4) is 0 Å². The van der Waals surface area contributed by atoms with Crippen molar-refractivity contribution in [1.29, 1.82) is 0 Å². The van der Waals surface area contributed by atoms with E-state index in [1.165, 1.54) is 0 Å². The second-order valence-corrected chi connectivity index (χ2v) is 2.09. The van der Waals surface area contributed by atoms with Crippen LogP contribution in [0.25, 0.3) is 0 Å². The quantitative estimate of drug-likeness (QED) is 0.445. The van der Waals surface area contributed by atoms with Crippen molar-refractivity contribution in [3.05, 3.63) is 0 Å². The molecule has 6 heavy (non-hydrogen) atoms. The lowest BCUT2D eigenvalue weighted by molar-refractivity contribution is 0.193. The molecule has 3 heteroatoms. The lowest BCUT2D eigenvalue weighted by atomic mass is 10.4. The van der Waals surface area contributed by atoms with Gasteiger partial charge in [-0.25, -0.2) is 0 Å². The van der Waals surface area contributed by atoms with Crippen LogP contribution in [0.4, 0.5) is 0 Å². The highest BCUT2D eigenvalue weighted by atomic mass is 31.0. The lowest BCUT2D eigenvalue weighted by Crippen LogP contribution is -2.24. The number of hydrogen-bond donors (Lipinski definition) is 2. The molecule has 0 aliphatic heterocycles. The molecular formula is C3H10NOP. The molecule has 38 valence electrons. The van der Waals surface area contributed by atoms with Gasteiger partial charge in [0.2, 0.25) is 0 Å². The Balaban J connectivity index is 2.99. The summed E-state index contributed by atoms with van der Waals surface area (Å²) >= 11 is 0. The van der Waals surface area contributed by atoms with Crippen LogP contribution in [0.2, 0.25) is 0 Å². The van der Waals surface area contributed by atoms with E-state index in [9.17, 15) is 0 Å². The van der Waals surface area contributed by atoms with E-state index in [0.717, 1.165) is 0 Å². The first-order valence-corrected chi connectivity index (χ1v) is 2.50. The van der Waals surface area contributed by atoms with Crippen LogP contribution in [-0.2, 0) is 0 Å². The minimum absolute atomic E-state index is 0.176. The number of aliphatic hydroxyl groups is 1. The molecule has 0 saturated carbocycles. The summed E-state index contributed by atoms with van der Waals surface area (Å²) in [5.41, 5.74) is 5.15. The van der Waals surface area contributed by atoms with Crippen molar-refractivity contribution in [3.8, 4) is 0 Å². The molecular weight excluding hydrogens is 97.0 g/mol. The zero-order valence-corrected chi connectivity index (χ0v) is 4.91. The van der Waals surface area contributed by atoms with Crippen LogP contribution in [0.15, 0.2) is 0 Å². The Bertz CT molecular complexity index is 31.8. The van der Waals surface area contributed by atoms with Gasteiger partial charge in [-0.3, -0.25) is 0 Å². The molecule has 3 atom stereocenters. The fourth-order valence-electron chi connectivity index (χ4n) is 0. The molecule has 2 nitrogen and oxygen atoms in total. The SMILES string of the molecule is CC(O)C(N)P. The van der Waals surface area contributed by atoms with Gasteiger partial charge in [-0.2, -0.15) is 0 Å². The van der Waals surface area contributed by atoms with Gasteiger partial charge in [-0.05, 0) is 6.92 Å². The third-order valence-electron chi connectivity index (χ3n) is 0.557. The maximum Gasteiger partial charge on any atom is 0.0697 e. The monoisotopic (exact) mass is 107 g/mol. The predicted molar refractivity (Wildman–Crippen MR) is 29.4 cm³/mol. The van der Waals surface area contributed by atoms with E-state index in [4.69, 9.17) is 10.8 Å². The molecule has 0 aromatic carbocycles. The first-order chi connectivity index (χ1) is 2.64. The van der Waals surface area contributed by atoms with Gasteiger partial charge in [-0.1, -0.05) is 0 Å². The molecule has 3 N–H and O–H groups in total. The van der Waals surface area contributed by atoms with Crippen LogP contribution in [-0.4, -0.2) is 17.0 Å². The molecule has 0 radical (unpaired) electrons. The Morgan fingerprint density at radius 2 is 2.00 bits per heavy atom. The molecule has 0 heterocycles. The van der Waals surface area contributed by atoms with Crippen molar-refractivity contribution < 1.29 is 5.11 Å². The van der Waals surface area contributed by atoms with Gasteiger partial charge in [-0.15, -0.1) is 9.24 Å². The van der Waals surface area contributed by atoms with Gasteiger partial charge >= 0.3 is 0 Å². The summed E-state index contributed by atoms with van der Waals surface area (Å²) in [7, 11) is 2.30. The highest BCUT2D eigenvalue weighted by Gasteiger charge is 1.98. The van der Waals surface area contributed by atoms with Gasteiger partial charge in [0.25, 0.3) is 0 Å². The Labute approximate surface area is 39.9 Å². The molecule has 0 aromatic heterocycles. The van der Waals surface area contributed by atoms with E-state index in [-0.39, 0.29) is 5.78 Å². The van der Waals surface area contributed by atoms with Crippen molar-refractivity contribution in [2.45, 2.75) is 18.8 Å². The molecule has 0 saturated heterocycles. The average molecular weight is 107 g/mol. The third kappa shape index (κ3) is 2.58. The summed E-state index contributed by atoms with van der Waals surface area (Å²) in [6, 6.07) is 0. The highest BCUT2D eigenvalue weighted by Crippen LogP contribution is 1.94. The van der Waals surface area contributed by atoms with E-state index in [0.29, 0.717) is 0 Å². The standard InChI is InChI=1S/C3H10NOP/c1-2(5)3(4)6/h2-3,5H,4,6H2,1H3. The number of rotatable bonds is 1. The van der Waals surface area contributed by atoms with Gasteiger partial charge in [0.05, 0.1) is 6.10 Å². The maximum atomic E-state index is 8.48. The second-order valence-electron chi connectivity index (χ2n) is 1.32. The number of aliphatic hydroxyl groups excluding tert-OH is 1. The summed E-state index contributed by atoms with van der Waals surface area (Å²) in [6.07, 6.45) is -0.407. The lowest BCUT2D eigenvalue weighted by Gasteiger charge is -2.04. The molecule has 0 aliphatic carbocycles. The summed E-state index contributed by atoms with van der Waals surface area (Å²) in [4.78, 5) is 0. The maximum absolute atomic E-state index is 8.48. The van der Waals surface area contributed by atoms with Crippen molar-refractivity contribution in [3.63, 3.8) is 0 Å². The fraction of sp³-hybridized carbons (Fsp3) is 1.00. The van der Waals surface area contributed by atoms with Crippen molar-refractivity contribution in [2.24, 2.45) is 5.73 Å². The molecule has 0 spiro atoms. The summed E-state index contributed by atoms with van der Waals surface area (Å²) < 4.78 is 0. The first-order valence-electron chi connectivity index (χ1n) is 1.84. The summed E-state index contributed by atoms with van der Waals surface area (Å²) in [5.74, 6) is -0.176. The second kappa shape index (κ2) is 2.51. The van der Waals surface area contributed by atoms with E-state index in [1.807, 2.05) is 0 Å². The van der Waals surface area contributed by atoms with Crippen LogP contribution >= 0.6 is 9.24 Å². The van der Waals surface area contributed by atoms with Gasteiger partial charge in [0.15, 0.2) is 0 Å². The van der Waals surface area contributed by atoms with Crippen LogP contribution < -0.4 is 5.73 Å². The zero-order chi connectivity index (χ0) is 5.15. The smallest absolute Gasteiger partial charge is 0.0697 e. The largest absolute Gasteiger partial charge is 0.391 e. The van der Waals surface area contributed by atoms with Crippen molar-refractivity contribution in [1.82, 2.24) is 0 Å². The number of nitrogens with two attached hydrogens (primary N) is 1. The molecule has 0 bridgehead atoms. The first kappa shape index (κ1) is 6.35. The minimum Gasteiger partial charge on any atom is -0.391 e. The van der Waals surface area contributed by atoms with Crippen LogP contribution in [0, 0.1) is 0 Å². The van der Waals surface area contributed by atoms with E-state index in [2.05, 4.69) is 9.24 Å². The topological polar surface area (TPSA) is 46.2 Å². The highest BCUT2D eigenvalue weighted by molar-refractivity contribution is 7.17. The molecule has 0 aliphatic rings. The Hall–Kier alpha value is 0.350.